The smallest absolute Gasteiger partial charge is 0.272 e. The minimum atomic E-state index is -0.197. The Morgan fingerprint density at radius 1 is 1.08 bits per heavy atom. The molecule has 1 saturated heterocycles. The van der Waals surface area contributed by atoms with Gasteiger partial charge >= 0.3 is 0 Å². The molecule has 2 N–H and O–H groups in total. The summed E-state index contributed by atoms with van der Waals surface area (Å²) in [7, 11) is 0. The van der Waals surface area contributed by atoms with Gasteiger partial charge in [-0.05, 0) is 75.1 Å². The standard InChI is InChI=1S/C29H37ClN6O3/c30-26-17-25(7-4-21(26)18-31)39-24-8-5-22(6-9-24)32-29(38)27-10-11-28(34-33-27)36-14-12-35(13-15-36)19-20-2-1-3-23(37)16-20/h4,7,10-11,17,20,22-24,37H,1-3,5-6,8-9,12-16,19H2,(H,32,38)/t20-,22?,23?,24?/m1/s1. The number of hydrogen-bond acceptors (Lipinski definition) is 8. The van der Waals surface area contributed by atoms with E-state index in [2.05, 4.69) is 31.4 Å². The molecule has 1 amide bonds. The molecule has 0 spiro atoms. The van der Waals surface area contributed by atoms with Crippen LogP contribution in [0.2, 0.25) is 5.02 Å². The van der Waals surface area contributed by atoms with E-state index in [1.54, 1.807) is 24.3 Å². The predicted molar refractivity (Wildman–Crippen MR) is 149 cm³/mol. The molecule has 3 aliphatic rings. The van der Waals surface area contributed by atoms with Gasteiger partial charge in [0.2, 0.25) is 0 Å². The average Bonchev–Trinajstić information content (AvgIpc) is 2.95. The number of nitriles is 1. The lowest BCUT2D eigenvalue weighted by Crippen LogP contribution is -2.48. The van der Waals surface area contributed by atoms with Gasteiger partial charge in [0, 0.05) is 44.8 Å². The number of benzene rings is 1. The first kappa shape index (κ1) is 27.6. The van der Waals surface area contributed by atoms with Gasteiger partial charge in [-0.15, -0.1) is 10.2 Å². The molecule has 1 aromatic carbocycles. The van der Waals surface area contributed by atoms with E-state index in [1.165, 1.54) is 6.42 Å². The Labute approximate surface area is 235 Å². The summed E-state index contributed by atoms with van der Waals surface area (Å²) in [6, 6.07) is 10.9. The second-order valence-corrected chi connectivity index (χ2v) is 11.5. The number of hydrogen-bond donors (Lipinski definition) is 2. The van der Waals surface area contributed by atoms with E-state index in [0.717, 1.165) is 83.5 Å². The minimum absolute atomic E-state index is 0.0518. The third kappa shape index (κ3) is 7.38. The van der Waals surface area contributed by atoms with Crippen LogP contribution in [-0.4, -0.2) is 77.1 Å². The van der Waals surface area contributed by atoms with Gasteiger partial charge in [0.1, 0.15) is 11.8 Å². The fraction of sp³-hybridized carbons (Fsp3) is 0.586. The Balaban J connectivity index is 1.04. The van der Waals surface area contributed by atoms with Crippen LogP contribution >= 0.6 is 11.6 Å². The van der Waals surface area contributed by atoms with Crippen molar-refractivity contribution in [2.75, 3.05) is 37.6 Å². The molecule has 1 aliphatic heterocycles. The molecule has 2 aliphatic carbocycles. The van der Waals surface area contributed by atoms with E-state index >= 15 is 0 Å². The van der Waals surface area contributed by atoms with Crippen LogP contribution in [-0.2, 0) is 0 Å². The molecule has 2 atom stereocenters. The third-order valence-electron chi connectivity index (χ3n) is 8.22. The minimum Gasteiger partial charge on any atom is -0.490 e. The lowest BCUT2D eigenvalue weighted by molar-refractivity contribution is 0.0825. The highest BCUT2D eigenvalue weighted by molar-refractivity contribution is 6.31. The third-order valence-corrected chi connectivity index (χ3v) is 8.54. The van der Waals surface area contributed by atoms with Crippen molar-refractivity contribution in [1.82, 2.24) is 20.4 Å². The highest BCUT2D eigenvalue weighted by Gasteiger charge is 2.27. The van der Waals surface area contributed by atoms with Crippen molar-refractivity contribution in [3.8, 4) is 11.8 Å². The van der Waals surface area contributed by atoms with Crippen molar-refractivity contribution < 1.29 is 14.6 Å². The van der Waals surface area contributed by atoms with Gasteiger partial charge < -0.3 is 20.1 Å². The molecule has 39 heavy (non-hydrogen) atoms. The number of aliphatic hydroxyl groups excluding tert-OH is 1. The van der Waals surface area contributed by atoms with Crippen LogP contribution < -0.4 is 15.0 Å². The molecule has 2 saturated carbocycles. The van der Waals surface area contributed by atoms with Crippen LogP contribution in [0.5, 0.6) is 5.75 Å². The maximum Gasteiger partial charge on any atom is 0.272 e. The SMILES string of the molecule is N#Cc1ccc(OC2CCC(NC(=O)c3ccc(N4CCN(C[C@@H]5CCCC(O)C5)CC4)nn3)CC2)cc1Cl. The summed E-state index contributed by atoms with van der Waals surface area (Å²) in [4.78, 5) is 17.5. The molecule has 10 heteroatoms. The summed E-state index contributed by atoms with van der Waals surface area (Å²) < 4.78 is 6.05. The normalized spacial score (nSPS) is 26.0. The largest absolute Gasteiger partial charge is 0.490 e. The van der Waals surface area contributed by atoms with Crippen LogP contribution in [0.3, 0.4) is 0 Å². The van der Waals surface area contributed by atoms with Crippen LogP contribution in [0, 0.1) is 17.2 Å². The number of aromatic nitrogens is 2. The molecule has 0 radical (unpaired) electrons. The Bertz CT molecular complexity index is 1160. The monoisotopic (exact) mass is 552 g/mol. The zero-order valence-electron chi connectivity index (χ0n) is 22.3. The first-order valence-electron chi connectivity index (χ1n) is 14.1. The number of aliphatic hydroxyl groups is 1. The molecule has 9 nitrogen and oxygen atoms in total. The summed E-state index contributed by atoms with van der Waals surface area (Å²) in [5, 5.41) is 31.0. The summed E-state index contributed by atoms with van der Waals surface area (Å²) >= 11 is 6.11. The molecule has 1 aromatic heterocycles. The molecule has 1 unspecified atom stereocenters. The number of nitrogens with one attached hydrogen (secondary N) is 1. The zero-order chi connectivity index (χ0) is 27.2. The van der Waals surface area contributed by atoms with Gasteiger partial charge in [0.15, 0.2) is 11.5 Å². The van der Waals surface area contributed by atoms with E-state index in [4.69, 9.17) is 21.6 Å². The molecular weight excluding hydrogens is 516 g/mol. The maximum atomic E-state index is 12.8. The zero-order valence-corrected chi connectivity index (χ0v) is 23.0. The topological polar surface area (TPSA) is 115 Å². The van der Waals surface area contributed by atoms with Gasteiger partial charge in [-0.3, -0.25) is 9.69 Å². The fourth-order valence-corrected chi connectivity index (χ4v) is 6.22. The lowest BCUT2D eigenvalue weighted by Gasteiger charge is -2.38. The van der Waals surface area contributed by atoms with Crippen molar-refractivity contribution in [2.24, 2.45) is 5.92 Å². The number of piperazine rings is 1. The molecule has 3 fully saturated rings. The molecule has 2 aromatic rings. The molecule has 0 bridgehead atoms. The van der Waals surface area contributed by atoms with Crippen molar-refractivity contribution in [3.63, 3.8) is 0 Å². The van der Waals surface area contributed by atoms with E-state index < -0.39 is 0 Å². The van der Waals surface area contributed by atoms with Gasteiger partial charge in [-0.1, -0.05) is 18.0 Å². The number of carbonyl (C=O) groups excluding carboxylic acids is 1. The van der Waals surface area contributed by atoms with Crippen molar-refractivity contribution in [2.45, 2.75) is 69.6 Å². The Morgan fingerprint density at radius 3 is 2.54 bits per heavy atom. The number of anilines is 1. The second kappa shape index (κ2) is 12.9. The van der Waals surface area contributed by atoms with Crippen LogP contribution in [0.4, 0.5) is 5.82 Å². The van der Waals surface area contributed by atoms with Gasteiger partial charge in [0.25, 0.3) is 5.91 Å². The first-order valence-corrected chi connectivity index (χ1v) is 14.5. The fourth-order valence-electron chi connectivity index (χ4n) is 6.00. The van der Waals surface area contributed by atoms with Gasteiger partial charge in [-0.25, -0.2) is 0 Å². The number of rotatable bonds is 7. The first-order chi connectivity index (χ1) is 19.0. The molecular formula is C29H37ClN6O3. The maximum absolute atomic E-state index is 12.8. The van der Waals surface area contributed by atoms with Crippen molar-refractivity contribution >= 4 is 23.3 Å². The summed E-state index contributed by atoms with van der Waals surface area (Å²) in [5.74, 6) is 1.87. The summed E-state index contributed by atoms with van der Waals surface area (Å²) in [6.07, 6.45) is 7.42. The van der Waals surface area contributed by atoms with Crippen LogP contribution in [0.1, 0.15) is 67.4 Å². The molecule has 2 heterocycles. The Kier molecular flexibility index (Phi) is 9.17. The predicted octanol–water partition coefficient (Wildman–Crippen LogP) is 3.79. The number of halogens is 1. The van der Waals surface area contributed by atoms with E-state index in [0.29, 0.717) is 27.9 Å². The van der Waals surface area contributed by atoms with Gasteiger partial charge in [0.05, 0.1) is 22.8 Å². The van der Waals surface area contributed by atoms with Crippen molar-refractivity contribution in [1.29, 1.82) is 5.26 Å². The van der Waals surface area contributed by atoms with Crippen LogP contribution in [0.15, 0.2) is 30.3 Å². The number of ether oxygens (including phenoxy) is 1. The number of carbonyl (C=O) groups is 1. The highest BCUT2D eigenvalue weighted by Crippen LogP contribution is 2.28. The summed E-state index contributed by atoms with van der Waals surface area (Å²) in [6.45, 7) is 4.78. The highest BCUT2D eigenvalue weighted by atomic mass is 35.5. The second-order valence-electron chi connectivity index (χ2n) is 11.1. The summed E-state index contributed by atoms with van der Waals surface area (Å²) in [5.41, 5.74) is 0.764. The number of amides is 1. The van der Waals surface area contributed by atoms with Gasteiger partial charge in [-0.2, -0.15) is 5.26 Å². The van der Waals surface area contributed by atoms with Crippen LogP contribution in [0.25, 0.3) is 0 Å². The number of nitrogens with zero attached hydrogens (tertiary/aromatic N) is 5. The van der Waals surface area contributed by atoms with E-state index in [-0.39, 0.29) is 24.2 Å². The Morgan fingerprint density at radius 2 is 1.87 bits per heavy atom. The lowest BCUT2D eigenvalue weighted by atomic mass is 9.87. The molecule has 208 valence electrons. The van der Waals surface area contributed by atoms with E-state index in [9.17, 15) is 9.90 Å². The van der Waals surface area contributed by atoms with Crippen molar-refractivity contribution in [3.05, 3.63) is 46.6 Å². The average molecular weight is 553 g/mol. The molecule has 5 rings (SSSR count). The van der Waals surface area contributed by atoms with E-state index in [1.807, 2.05) is 6.07 Å². The Hall–Kier alpha value is -2.93. The quantitative estimate of drug-likeness (QED) is 0.533.